The molecule has 0 aliphatic carbocycles. The molecule has 2 heteroatoms. The maximum atomic E-state index is 9.06. The number of benzene rings is 4. The summed E-state index contributed by atoms with van der Waals surface area (Å²) in [5.41, 5.74) is 7.32. The van der Waals surface area contributed by atoms with E-state index in [1.807, 2.05) is 84.9 Å². The van der Waals surface area contributed by atoms with Crippen molar-refractivity contribution in [3.63, 3.8) is 0 Å². The van der Waals surface area contributed by atoms with E-state index in [9.17, 15) is 0 Å². The van der Waals surface area contributed by atoms with Crippen LogP contribution in [-0.2, 0) is 0 Å². The first kappa shape index (κ1) is 21.2. The predicted molar refractivity (Wildman–Crippen MR) is 133 cm³/mol. The first-order chi connectivity index (χ1) is 16.2. The summed E-state index contributed by atoms with van der Waals surface area (Å²) in [6.45, 7) is 7.15. The van der Waals surface area contributed by atoms with Gasteiger partial charge in [-0.25, -0.2) is 4.85 Å². The van der Waals surface area contributed by atoms with Crippen molar-refractivity contribution >= 4 is 5.69 Å². The molecule has 4 aromatic rings. The van der Waals surface area contributed by atoms with Gasteiger partial charge in [0.1, 0.15) is 0 Å². The van der Waals surface area contributed by atoms with E-state index in [1.54, 1.807) is 12.1 Å². The summed E-state index contributed by atoms with van der Waals surface area (Å²) in [5, 5.41) is 9.06. The van der Waals surface area contributed by atoms with Crippen molar-refractivity contribution in [1.82, 2.24) is 0 Å². The molecule has 0 aliphatic heterocycles. The zero-order valence-electron chi connectivity index (χ0n) is 17.8. The number of hydrogen-bond donors (Lipinski definition) is 0. The van der Waals surface area contributed by atoms with E-state index < -0.39 is 0 Å². The fourth-order valence-electron chi connectivity index (χ4n) is 3.35. The molecule has 4 rings (SSSR count). The molecule has 0 bridgehead atoms. The van der Waals surface area contributed by atoms with Crippen LogP contribution in [0.15, 0.2) is 97.1 Å². The molecule has 0 unspecified atom stereocenters. The SMILES string of the molecule is [C-]#[N+]c1cccc(-c2ccc(C#CCC#Cc3ccc(-c4cccc(C#N)c4)cc3)cc2)c1. The molecular formula is C31H18N2. The maximum absolute atomic E-state index is 9.06. The lowest BCUT2D eigenvalue weighted by Crippen LogP contribution is -1.81. The zero-order chi connectivity index (χ0) is 22.9. The Morgan fingerprint density at radius 1 is 0.606 bits per heavy atom. The van der Waals surface area contributed by atoms with Gasteiger partial charge in [0.25, 0.3) is 0 Å². The maximum Gasteiger partial charge on any atom is 0.187 e. The Labute approximate surface area is 194 Å². The van der Waals surface area contributed by atoms with Crippen LogP contribution in [0.1, 0.15) is 23.1 Å². The van der Waals surface area contributed by atoms with Gasteiger partial charge < -0.3 is 0 Å². The Hall–Kier alpha value is -5.02. The van der Waals surface area contributed by atoms with Crippen LogP contribution in [0.5, 0.6) is 0 Å². The first-order valence-electron chi connectivity index (χ1n) is 10.4. The third-order valence-electron chi connectivity index (χ3n) is 5.05. The summed E-state index contributed by atoms with van der Waals surface area (Å²) >= 11 is 0. The van der Waals surface area contributed by atoms with Gasteiger partial charge in [-0.15, -0.1) is 0 Å². The van der Waals surface area contributed by atoms with Gasteiger partial charge in [-0.05, 0) is 64.7 Å². The lowest BCUT2D eigenvalue weighted by molar-refractivity contribution is 1.48. The van der Waals surface area contributed by atoms with Crippen molar-refractivity contribution in [3.8, 4) is 52.0 Å². The third kappa shape index (κ3) is 5.57. The van der Waals surface area contributed by atoms with Gasteiger partial charge >= 0.3 is 0 Å². The second kappa shape index (κ2) is 10.3. The van der Waals surface area contributed by atoms with Crippen LogP contribution < -0.4 is 0 Å². The van der Waals surface area contributed by atoms with Crippen LogP contribution in [0.2, 0.25) is 0 Å². The lowest BCUT2D eigenvalue weighted by Gasteiger charge is -2.02. The van der Waals surface area contributed by atoms with Crippen molar-refractivity contribution in [3.05, 3.63) is 125 Å². The molecule has 0 aliphatic rings. The fraction of sp³-hybridized carbons (Fsp3) is 0.0323. The average molecular weight is 418 g/mol. The van der Waals surface area contributed by atoms with E-state index in [0.717, 1.165) is 33.4 Å². The van der Waals surface area contributed by atoms with Gasteiger partial charge in [0.2, 0.25) is 0 Å². The Bertz CT molecular complexity index is 1370. The number of hydrogen-bond acceptors (Lipinski definition) is 1. The number of nitrogens with zero attached hydrogens (tertiary/aromatic N) is 2. The van der Waals surface area contributed by atoms with Crippen LogP contribution in [-0.4, -0.2) is 0 Å². The molecular weight excluding hydrogens is 400 g/mol. The molecule has 0 saturated heterocycles. The zero-order valence-corrected chi connectivity index (χ0v) is 17.8. The molecule has 4 aromatic carbocycles. The Morgan fingerprint density at radius 2 is 1.15 bits per heavy atom. The molecule has 0 atom stereocenters. The quantitative estimate of drug-likeness (QED) is 0.249. The first-order valence-corrected chi connectivity index (χ1v) is 10.4. The highest BCUT2D eigenvalue weighted by molar-refractivity contribution is 5.69. The summed E-state index contributed by atoms with van der Waals surface area (Å²) in [4.78, 5) is 3.48. The van der Waals surface area contributed by atoms with Crippen LogP contribution >= 0.6 is 0 Å². The molecule has 0 amide bonds. The standard InChI is InChI=1S/C31H18N2/c1-33-31-12-6-11-30(22-31)28-19-15-25(16-20-28)8-4-2-3-7-24-13-17-27(18-14-24)29-10-5-9-26(21-29)23-32/h5-6,9-22H,2H2. The van der Waals surface area contributed by atoms with Crippen molar-refractivity contribution in [1.29, 1.82) is 5.26 Å². The molecule has 0 radical (unpaired) electrons. The minimum absolute atomic E-state index is 0.487. The van der Waals surface area contributed by atoms with E-state index in [-0.39, 0.29) is 0 Å². The summed E-state index contributed by atoms with van der Waals surface area (Å²) in [6, 6.07) is 33.3. The monoisotopic (exact) mass is 418 g/mol. The van der Waals surface area contributed by atoms with Crippen molar-refractivity contribution in [2.45, 2.75) is 6.42 Å². The highest BCUT2D eigenvalue weighted by Crippen LogP contribution is 2.24. The fourth-order valence-corrected chi connectivity index (χ4v) is 3.35. The van der Waals surface area contributed by atoms with Gasteiger partial charge in [0.15, 0.2) is 5.69 Å². The Kier molecular flexibility index (Phi) is 6.64. The summed E-state index contributed by atoms with van der Waals surface area (Å²) in [7, 11) is 0. The van der Waals surface area contributed by atoms with Gasteiger partial charge in [0, 0.05) is 11.1 Å². The van der Waals surface area contributed by atoms with Crippen LogP contribution in [0.4, 0.5) is 5.69 Å². The van der Waals surface area contributed by atoms with Crippen LogP contribution in [0.25, 0.3) is 27.1 Å². The minimum Gasteiger partial charge on any atom is -0.238 e. The molecule has 0 N–H and O–H groups in total. The molecule has 33 heavy (non-hydrogen) atoms. The largest absolute Gasteiger partial charge is 0.238 e. The third-order valence-corrected chi connectivity index (χ3v) is 5.05. The van der Waals surface area contributed by atoms with Crippen LogP contribution in [0.3, 0.4) is 0 Å². The van der Waals surface area contributed by atoms with E-state index >= 15 is 0 Å². The van der Waals surface area contributed by atoms with Gasteiger partial charge in [-0.2, -0.15) is 5.26 Å². The second-order valence-electron chi connectivity index (χ2n) is 7.29. The van der Waals surface area contributed by atoms with Gasteiger partial charge in [0.05, 0.1) is 24.6 Å². The van der Waals surface area contributed by atoms with Crippen LogP contribution in [0, 0.1) is 41.6 Å². The molecule has 0 heterocycles. The average Bonchev–Trinajstić information content (AvgIpc) is 2.89. The smallest absolute Gasteiger partial charge is 0.187 e. The molecule has 2 nitrogen and oxygen atoms in total. The van der Waals surface area contributed by atoms with E-state index in [2.05, 4.69) is 34.6 Å². The molecule has 0 fully saturated rings. The number of rotatable bonds is 2. The minimum atomic E-state index is 0.487. The normalized spacial score (nSPS) is 9.39. The predicted octanol–water partition coefficient (Wildman–Crippen LogP) is 7.24. The Morgan fingerprint density at radius 3 is 1.70 bits per heavy atom. The van der Waals surface area contributed by atoms with Gasteiger partial charge in [-0.3, -0.25) is 0 Å². The Balaban J connectivity index is 1.37. The molecule has 0 spiro atoms. The van der Waals surface area contributed by atoms with Gasteiger partial charge in [-0.1, -0.05) is 78.3 Å². The van der Waals surface area contributed by atoms with E-state index in [1.165, 1.54) is 0 Å². The van der Waals surface area contributed by atoms with Crippen molar-refractivity contribution in [2.75, 3.05) is 0 Å². The van der Waals surface area contributed by atoms with E-state index in [4.69, 9.17) is 11.8 Å². The number of nitriles is 1. The topological polar surface area (TPSA) is 28.1 Å². The lowest BCUT2D eigenvalue weighted by atomic mass is 10.0. The van der Waals surface area contributed by atoms with Crippen molar-refractivity contribution in [2.24, 2.45) is 0 Å². The molecule has 0 aromatic heterocycles. The highest BCUT2D eigenvalue weighted by Gasteiger charge is 2.00. The summed E-state index contributed by atoms with van der Waals surface area (Å²) in [5.74, 6) is 12.5. The highest BCUT2D eigenvalue weighted by atomic mass is 14.6. The second-order valence-corrected chi connectivity index (χ2v) is 7.29. The molecule has 0 saturated carbocycles. The molecule has 152 valence electrons. The summed E-state index contributed by atoms with van der Waals surface area (Å²) < 4.78 is 0. The van der Waals surface area contributed by atoms with Crippen molar-refractivity contribution < 1.29 is 0 Å². The summed E-state index contributed by atoms with van der Waals surface area (Å²) in [6.07, 6.45) is 0.487. The van der Waals surface area contributed by atoms with E-state index in [0.29, 0.717) is 17.7 Å².